The summed E-state index contributed by atoms with van der Waals surface area (Å²) in [6.45, 7) is 3.69. The van der Waals surface area contributed by atoms with Gasteiger partial charge in [0.2, 0.25) is 0 Å². The summed E-state index contributed by atoms with van der Waals surface area (Å²) in [5.74, 6) is -2.27. The molecule has 0 spiro atoms. The number of nitrogens with one attached hydrogen (secondary N) is 1. The number of aliphatic carboxylic acids is 1. The highest BCUT2D eigenvalue weighted by atomic mass is 35.5. The van der Waals surface area contributed by atoms with Gasteiger partial charge in [0, 0.05) is 30.5 Å². The van der Waals surface area contributed by atoms with Crippen LogP contribution in [0.2, 0.25) is 10.0 Å². The minimum Gasteiger partial charge on any atom is -0.480 e. The molecule has 2 N–H and O–H groups in total. The lowest BCUT2D eigenvalue weighted by Crippen LogP contribution is -2.42. The van der Waals surface area contributed by atoms with Gasteiger partial charge >= 0.3 is 5.97 Å². The monoisotopic (exact) mass is 642 g/mol. The van der Waals surface area contributed by atoms with E-state index in [1.165, 1.54) is 18.2 Å². The van der Waals surface area contributed by atoms with Crippen LogP contribution in [0.4, 0.5) is 0 Å². The number of carbonyl (C=O) groups excluding carboxylic acids is 2. The van der Waals surface area contributed by atoms with Gasteiger partial charge in [0.05, 0.1) is 32.0 Å². The van der Waals surface area contributed by atoms with Crippen molar-refractivity contribution >= 4 is 61.8 Å². The maximum atomic E-state index is 13.3. The molecule has 224 valence electrons. The van der Waals surface area contributed by atoms with Gasteiger partial charge in [-0.1, -0.05) is 41.4 Å². The average molecular weight is 644 g/mol. The lowest BCUT2D eigenvalue weighted by Gasteiger charge is -2.30. The second-order valence-corrected chi connectivity index (χ2v) is 13.9. The second kappa shape index (κ2) is 12.0. The van der Waals surface area contributed by atoms with Crippen molar-refractivity contribution < 1.29 is 32.3 Å². The van der Waals surface area contributed by atoms with E-state index >= 15 is 0 Å². The zero-order valence-corrected chi connectivity index (χ0v) is 25.6. The van der Waals surface area contributed by atoms with Gasteiger partial charge in [-0.05, 0) is 73.4 Å². The number of hydrogen-bond donors (Lipinski definition) is 2. The van der Waals surface area contributed by atoms with Crippen molar-refractivity contribution in [1.82, 2.24) is 10.2 Å². The minimum atomic E-state index is -3.57. The standard InChI is InChI=1S/C31H28Cl2N2O7S/c1-17(2)43(40,41)22-5-3-4-18(12-22)13-25(31(38)39)34-29(36)27-24(32)14-21-16-35(10-8-23(21)28(27)33)30(37)20-7-6-19-9-11-42-26(19)15-20/h3-7,9,11-12,14-15,17,25H,8,10,13,16H2,1-2H3,(H,34,36)(H,38,39)/t25-/m0/s1. The number of rotatable bonds is 8. The topological polar surface area (TPSA) is 134 Å². The molecule has 0 radical (unpaired) electrons. The van der Waals surface area contributed by atoms with Crippen LogP contribution in [0.5, 0.6) is 0 Å². The fourth-order valence-electron chi connectivity index (χ4n) is 5.09. The van der Waals surface area contributed by atoms with Crippen LogP contribution in [0, 0.1) is 0 Å². The Hall–Kier alpha value is -3.86. The van der Waals surface area contributed by atoms with Gasteiger partial charge in [0.15, 0.2) is 9.84 Å². The van der Waals surface area contributed by atoms with Gasteiger partial charge in [0.25, 0.3) is 11.8 Å². The Bertz CT molecular complexity index is 1870. The van der Waals surface area contributed by atoms with E-state index in [1.54, 1.807) is 49.3 Å². The van der Waals surface area contributed by atoms with Crippen LogP contribution in [-0.4, -0.2) is 54.0 Å². The summed E-state index contributed by atoms with van der Waals surface area (Å²) < 4.78 is 30.6. The Labute approximate surface area is 258 Å². The first kappa shape index (κ1) is 30.6. The van der Waals surface area contributed by atoms with Gasteiger partial charge in [-0.25, -0.2) is 13.2 Å². The molecule has 2 heterocycles. The van der Waals surface area contributed by atoms with Crippen molar-refractivity contribution in [3.63, 3.8) is 0 Å². The van der Waals surface area contributed by atoms with E-state index in [-0.39, 0.29) is 39.4 Å². The Balaban J connectivity index is 1.34. The normalized spacial score (nSPS) is 14.0. The molecule has 0 aliphatic carbocycles. The highest BCUT2D eigenvalue weighted by molar-refractivity contribution is 7.92. The SMILES string of the molecule is CC(C)S(=O)(=O)c1cccc(C[C@H](NC(=O)c2c(Cl)cc3c(c2Cl)CCN(C(=O)c2ccc4ccoc4c2)C3)C(=O)O)c1. The Morgan fingerprint density at radius 1 is 1.07 bits per heavy atom. The van der Waals surface area contributed by atoms with Crippen LogP contribution < -0.4 is 5.32 Å². The molecule has 12 heteroatoms. The molecule has 4 aromatic rings. The van der Waals surface area contributed by atoms with E-state index in [0.717, 1.165) is 5.39 Å². The number of furan rings is 1. The quantitative estimate of drug-likeness (QED) is 0.257. The Morgan fingerprint density at radius 2 is 1.84 bits per heavy atom. The molecule has 0 saturated heterocycles. The third-order valence-electron chi connectivity index (χ3n) is 7.51. The number of fused-ring (bicyclic) bond motifs is 2. The third kappa shape index (κ3) is 6.13. The number of halogens is 2. The molecular formula is C31H28Cl2N2O7S. The molecule has 1 aliphatic heterocycles. The third-order valence-corrected chi connectivity index (χ3v) is 10.4. The maximum absolute atomic E-state index is 13.3. The lowest BCUT2D eigenvalue weighted by atomic mass is 9.95. The summed E-state index contributed by atoms with van der Waals surface area (Å²) in [4.78, 5) is 40.4. The first-order valence-corrected chi connectivity index (χ1v) is 15.8. The first-order valence-electron chi connectivity index (χ1n) is 13.5. The number of carboxylic acid groups (broad SMARTS) is 1. The van der Waals surface area contributed by atoms with Crippen LogP contribution in [0.1, 0.15) is 51.3 Å². The van der Waals surface area contributed by atoms with Crippen LogP contribution >= 0.6 is 23.2 Å². The number of benzene rings is 3. The molecule has 0 fully saturated rings. The summed E-state index contributed by atoms with van der Waals surface area (Å²) in [5, 5.41) is 12.7. The van der Waals surface area contributed by atoms with Crippen LogP contribution in [-0.2, 0) is 34.0 Å². The van der Waals surface area contributed by atoms with Crippen molar-refractivity contribution in [3.05, 3.63) is 98.7 Å². The van der Waals surface area contributed by atoms with Crippen molar-refractivity contribution in [3.8, 4) is 0 Å². The summed E-state index contributed by atoms with van der Waals surface area (Å²) in [5.41, 5.74) is 2.79. The molecule has 43 heavy (non-hydrogen) atoms. The lowest BCUT2D eigenvalue weighted by molar-refractivity contribution is -0.139. The number of amides is 2. The minimum absolute atomic E-state index is 0.0155. The maximum Gasteiger partial charge on any atom is 0.326 e. The van der Waals surface area contributed by atoms with Crippen molar-refractivity contribution in [2.45, 2.75) is 49.4 Å². The number of nitrogens with zero attached hydrogens (tertiary/aromatic N) is 1. The largest absolute Gasteiger partial charge is 0.480 e. The number of carbonyl (C=O) groups is 3. The van der Waals surface area contributed by atoms with Crippen molar-refractivity contribution in [2.75, 3.05) is 6.54 Å². The van der Waals surface area contributed by atoms with Gasteiger partial charge in [-0.3, -0.25) is 9.59 Å². The number of sulfone groups is 1. The zero-order valence-electron chi connectivity index (χ0n) is 23.3. The summed E-state index contributed by atoms with van der Waals surface area (Å²) in [7, 11) is -3.57. The molecule has 0 bridgehead atoms. The van der Waals surface area contributed by atoms with Gasteiger partial charge in [-0.2, -0.15) is 0 Å². The Kier molecular flexibility index (Phi) is 8.56. The highest BCUT2D eigenvalue weighted by Gasteiger charge is 2.30. The molecule has 3 aromatic carbocycles. The molecule has 9 nitrogen and oxygen atoms in total. The predicted molar refractivity (Wildman–Crippen MR) is 162 cm³/mol. The molecule has 5 rings (SSSR count). The van der Waals surface area contributed by atoms with E-state index in [1.807, 2.05) is 12.1 Å². The van der Waals surface area contributed by atoms with E-state index in [2.05, 4.69) is 5.32 Å². The number of hydrogen-bond acceptors (Lipinski definition) is 6. The van der Waals surface area contributed by atoms with Gasteiger partial charge in [-0.15, -0.1) is 0 Å². The van der Waals surface area contributed by atoms with E-state index < -0.39 is 33.0 Å². The van der Waals surface area contributed by atoms with Crippen molar-refractivity contribution in [1.29, 1.82) is 0 Å². The zero-order chi connectivity index (χ0) is 31.1. The van der Waals surface area contributed by atoms with Crippen LogP contribution in [0.3, 0.4) is 0 Å². The molecule has 1 aliphatic rings. The highest BCUT2D eigenvalue weighted by Crippen LogP contribution is 2.35. The molecular weight excluding hydrogens is 615 g/mol. The number of carboxylic acids is 1. The average Bonchev–Trinajstić information content (AvgIpc) is 3.44. The molecule has 0 unspecified atom stereocenters. The smallest absolute Gasteiger partial charge is 0.326 e. The van der Waals surface area contributed by atoms with Crippen LogP contribution in [0.25, 0.3) is 11.0 Å². The summed E-state index contributed by atoms with van der Waals surface area (Å²) in [6, 6.07) is 13.2. The van der Waals surface area contributed by atoms with Gasteiger partial charge in [0.1, 0.15) is 11.6 Å². The molecule has 0 saturated carbocycles. The van der Waals surface area contributed by atoms with Crippen molar-refractivity contribution in [2.24, 2.45) is 0 Å². The predicted octanol–water partition coefficient (Wildman–Crippen LogP) is 5.55. The summed E-state index contributed by atoms with van der Waals surface area (Å²) >= 11 is 13.2. The van der Waals surface area contributed by atoms with Gasteiger partial charge < -0.3 is 19.7 Å². The fraction of sp³-hybridized carbons (Fsp3) is 0.258. The first-order chi connectivity index (χ1) is 20.4. The Morgan fingerprint density at radius 3 is 2.56 bits per heavy atom. The molecule has 1 atom stereocenters. The summed E-state index contributed by atoms with van der Waals surface area (Å²) in [6.07, 6.45) is 1.76. The molecule has 2 amide bonds. The van der Waals surface area contributed by atoms with E-state index in [0.29, 0.717) is 40.8 Å². The second-order valence-electron chi connectivity index (χ2n) is 10.6. The molecule has 1 aromatic heterocycles. The van der Waals surface area contributed by atoms with Crippen LogP contribution in [0.15, 0.2) is 70.2 Å². The fourth-order valence-corrected chi connectivity index (χ4v) is 6.98. The van der Waals surface area contributed by atoms with E-state index in [9.17, 15) is 27.9 Å². The van der Waals surface area contributed by atoms with E-state index in [4.69, 9.17) is 27.6 Å².